The van der Waals surface area contributed by atoms with E-state index < -0.39 is 0 Å². The maximum absolute atomic E-state index is 5.18. The van der Waals surface area contributed by atoms with Crippen LogP contribution in [-0.4, -0.2) is 43.3 Å². The van der Waals surface area contributed by atoms with Crippen LogP contribution in [0.2, 0.25) is 0 Å². The average molecular weight is 252 g/mol. The van der Waals surface area contributed by atoms with Crippen LogP contribution in [0.25, 0.3) is 0 Å². The van der Waals surface area contributed by atoms with E-state index in [2.05, 4.69) is 41.0 Å². The van der Waals surface area contributed by atoms with Crippen molar-refractivity contribution in [3.05, 3.63) is 11.9 Å². The zero-order chi connectivity index (χ0) is 13.5. The van der Waals surface area contributed by atoms with Crippen LogP contribution in [0.4, 0.5) is 11.6 Å². The lowest BCUT2D eigenvalue weighted by Crippen LogP contribution is -2.33. The van der Waals surface area contributed by atoms with Gasteiger partial charge in [0.1, 0.15) is 17.5 Å². The smallest absolute Gasteiger partial charge is 0.134 e. The van der Waals surface area contributed by atoms with Crippen molar-refractivity contribution in [2.24, 2.45) is 0 Å². The van der Waals surface area contributed by atoms with Gasteiger partial charge in [-0.3, -0.25) is 0 Å². The summed E-state index contributed by atoms with van der Waals surface area (Å²) in [6.45, 7) is 7.78. The Morgan fingerprint density at radius 1 is 1.39 bits per heavy atom. The van der Waals surface area contributed by atoms with Crippen LogP contribution in [-0.2, 0) is 11.2 Å². The van der Waals surface area contributed by atoms with Crippen LogP contribution in [0.15, 0.2) is 6.07 Å². The summed E-state index contributed by atoms with van der Waals surface area (Å²) in [7, 11) is 3.74. The number of methoxy groups -OCH3 is 1. The molecule has 5 heteroatoms. The molecule has 0 radical (unpaired) electrons. The highest BCUT2D eigenvalue weighted by atomic mass is 16.5. The van der Waals surface area contributed by atoms with Crippen LogP contribution in [0.3, 0.4) is 0 Å². The topological polar surface area (TPSA) is 50.3 Å². The Hall–Kier alpha value is -1.36. The summed E-state index contributed by atoms with van der Waals surface area (Å²) in [6.07, 6.45) is 0.832. The maximum Gasteiger partial charge on any atom is 0.134 e. The summed E-state index contributed by atoms with van der Waals surface area (Å²) in [4.78, 5) is 11.1. The van der Waals surface area contributed by atoms with E-state index in [4.69, 9.17) is 4.74 Å². The van der Waals surface area contributed by atoms with Gasteiger partial charge in [0.05, 0.1) is 12.6 Å². The second-order valence-electron chi connectivity index (χ2n) is 4.33. The Morgan fingerprint density at radius 3 is 2.67 bits per heavy atom. The fourth-order valence-corrected chi connectivity index (χ4v) is 1.67. The van der Waals surface area contributed by atoms with Crippen molar-refractivity contribution in [2.45, 2.75) is 33.2 Å². The van der Waals surface area contributed by atoms with Gasteiger partial charge in [-0.15, -0.1) is 0 Å². The predicted molar refractivity (Wildman–Crippen MR) is 75.3 cm³/mol. The monoisotopic (exact) mass is 252 g/mol. The average Bonchev–Trinajstić information content (AvgIpc) is 2.38. The molecule has 0 aliphatic carbocycles. The number of rotatable bonds is 7. The minimum absolute atomic E-state index is 0.282. The van der Waals surface area contributed by atoms with Crippen LogP contribution in [0.1, 0.15) is 26.6 Å². The summed E-state index contributed by atoms with van der Waals surface area (Å²) < 4.78 is 5.18. The van der Waals surface area contributed by atoms with Crippen molar-refractivity contribution in [1.82, 2.24) is 9.97 Å². The van der Waals surface area contributed by atoms with Gasteiger partial charge in [0.2, 0.25) is 0 Å². The van der Waals surface area contributed by atoms with E-state index in [1.807, 2.05) is 13.1 Å². The number of hydrogen-bond acceptors (Lipinski definition) is 5. The van der Waals surface area contributed by atoms with E-state index in [9.17, 15) is 0 Å². The molecule has 0 fully saturated rings. The van der Waals surface area contributed by atoms with E-state index in [0.29, 0.717) is 6.61 Å². The molecule has 1 atom stereocenters. The molecule has 0 aromatic carbocycles. The molecule has 1 aromatic rings. The van der Waals surface area contributed by atoms with E-state index >= 15 is 0 Å². The third kappa shape index (κ3) is 3.84. The maximum atomic E-state index is 5.18. The first-order valence-corrected chi connectivity index (χ1v) is 6.45. The first-order chi connectivity index (χ1) is 8.62. The molecular formula is C13H24N4O. The molecule has 0 amide bonds. The Morgan fingerprint density at radius 2 is 2.11 bits per heavy atom. The summed E-state index contributed by atoms with van der Waals surface area (Å²) >= 11 is 0. The predicted octanol–water partition coefficient (Wildman–Crippen LogP) is 1.94. The first-order valence-electron chi connectivity index (χ1n) is 6.45. The Balaban J connectivity index is 2.95. The summed E-state index contributed by atoms with van der Waals surface area (Å²) in [5.41, 5.74) is 0. The fraction of sp³-hybridized carbons (Fsp3) is 0.692. The lowest BCUT2D eigenvalue weighted by atomic mass is 10.3. The molecule has 0 saturated carbocycles. The molecule has 0 bridgehead atoms. The molecule has 0 spiro atoms. The van der Waals surface area contributed by atoms with Gasteiger partial charge in [0, 0.05) is 33.2 Å². The molecule has 0 aliphatic rings. The van der Waals surface area contributed by atoms with Crippen LogP contribution in [0, 0.1) is 0 Å². The van der Waals surface area contributed by atoms with Crippen molar-refractivity contribution in [3.8, 4) is 0 Å². The standard InChI is InChI=1S/C13H24N4O/c1-6-11-15-12(14-7-2)8-13(16-11)17(4)10(3)9-18-5/h8,10H,6-7,9H2,1-5H3,(H,14,15,16). The molecule has 5 nitrogen and oxygen atoms in total. The number of likely N-dealkylation sites (N-methyl/N-ethyl adjacent to an activating group) is 1. The molecule has 102 valence electrons. The van der Waals surface area contributed by atoms with E-state index in [0.717, 1.165) is 30.4 Å². The van der Waals surface area contributed by atoms with Crippen LogP contribution in [0.5, 0.6) is 0 Å². The zero-order valence-electron chi connectivity index (χ0n) is 12.0. The van der Waals surface area contributed by atoms with Crippen LogP contribution >= 0.6 is 0 Å². The Kier molecular flexibility index (Phi) is 5.85. The van der Waals surface area contributed by atoms with E-state index in [1.165, 1.54) is 0 Å². The van der Waals surface area contributed by atoms with Gasteiger partial charge in [0.15, 0.2) is 0 Å². The second kappa shape index (κ2) is 7.16. The molecule has 18 heavy (non-hydrogen) atoms. The van der Waals surface area contributed by atoms with Gasteiger partial charge in [-0.05, 0) is 13.8 Å². The summed E-state index contributed by atoms with van der Waals surface area (Å²) in [5, 5.41) is 3.24. The lowest BCUT2D eigenvalue weighted by Gasteiger charge is -2.26. The van der Waals surface area contributed by atoms with Gasteiger partial charge in [-0.25, -0.2) is 9.97 Å². The number of nitrogens with zero attached hydrogens (tertiary/aromatic N) is 3. The number of ether oxygens (including phenoxy) is 1. The van der Waals surface area contributed by atoms with Gasteiger partial charge in [-0.1, -0.05) is 6.92 Å². The highest BCUT2D eigenvalue weighted by Crippen LogP contribution is 2.17. The van der Waals surface area contributed by atoms with Gasteiger partial charge < -0.3 is 15.0 Å². The Bertz CT molecular complexity index is 370. The second-order valence-corrected chi connectivity index (χ2v) is 4.33. The van der Waals surface area contributed by atoms with Crippen molar-refractivity contribution >= 4 is 11.6 Å². The largest absolute Gasteiger partial charge is 0.383 e. The molecular weight excluding hydrogens is 228 g/mol. The number of aryl methyl sites for hydroxylation is 1. The molecule has 1 heterocycles. The summed E-state index contributed by atoms with van der Waals surface area (Å²) in [6, 6.07) is 2.26. The minimum atomic E-state index is 0.282. The zero-order valence-corrected chi connectivity index (χ0v) is 12.0. The molecule has 1 aromatic heterocycles. The molecule has 1 unspecified atom stereocenters. The van der Waals surface area contributed by atoms with E-state index in [1.54, 1.807) is 7.11 Å². The van der Waals surface area contributed by atoms with Gasteiger partial charge in [0.25, 0.3) is 0 Å². The number of anilines is 2. The van der Waals surface area contributed by atoms with E-state index in [-0.39, 0.29) is 6.04 Å². The normalized spacial score (nSPS) is 12.3. The highest BCUT2D eigenvalue weighted by molar-refractivity contribution is 5.49. The third-order valence-electron chi connectivity index (χ3n) is 2.86. The third-order valence-corrected chi connectivity index (χ3v) is 2.86. The van der Waals surface area contributed by atoms with Gasteiger partial charge >= 0.3 is 0 Å². The van der Waals surface area contributed by atoms with Crippen molar-refractivity contribution < 1.29 is 4.74 Å². The molecule has 0 saturated heterocycles. The Labute approximate surface area is 110 Å². The minimum Gasteiger partial charge on any atom is -0.383 e. The lowest BCUT2D eigenvalue weighted by molar-refractivity contribution is 0.183. The quantitative estimate of drug-likeness (QED) is 0.803. The van der Waals surface area contributed by atoms with Crippen molar-refractivity contribution in [3.63, 3.8) is 0 Å². The first kappa shape index (κ1) is 14.7. The highest BCUT2D eigenvalue weighted by Gasteiger charge is 2.13. The molecule has 1 rings (SSSR count). The van der Waals surface area contributed by atoms with Crippen LogP contribution < -0.4 is 10.2 Å². The molecule has 1 N–H and O–H groups in total. The SMILES string of the molecule is CCNc1cc(N(C)C(C)COC)nc(CC)n1. The summed E-state index contributed by atoms with van der Waals surface area (Å²) in [5.74, 6) is 2.68. The number of aromatic nitrogens is 2. The van der Waals surface area contributed by atoms with Gasteiger partial charge in [-0.2, -0.15) is 0 Å². The van der Waals surface area contributed by atoms with Crippen molar-refractivity contribution in [2.75, 3.05) is 37.5 Å². The number of nitrogens with one attached hydrogen (secondary N) is 1. The molecule has 0 aliphatic heterocycles. The number of hydrogen-bond donors (Lipinski definition) is 1. The fourth-order valence-electron chi connectivity index (χ4n) is 1.67. The van der Waals surface area contributed by atoms with Crippen molar-refractivity contribution in [1.29, 1.82) is 0 Å².